The molecule has 0 bridgehead atoms. The average molecular weight is 518 g/mol. The van der Waals surface area contributed by atoms with Crippen LogP contribution in [0.3, 0.4) is 0 Å². The van der Waals surface area contributed by atoms with Crippen molar-refractivity contribution in [1.29, 1.82) is 0 Å². The maximum absolute atomic E-state index is 13.7. The van der Waals surface area contributed by atoms with Crippen LogP contribution in [-0.2, 0) is 13.0 Å². The van der Waals surface area contributed by atoms with E-state index in [4.69, 9.17) is 4.98 Å². The van der Waals surface area contributed by atoms with Crippen molar-refractivity contribution in [2.75, 3.05) is 12.3 Å². The van der Waals surface area contributed by atoms with Gasteiger partial charge in [0.25, 0.3) is 11.5 Å². The van der Waals surface area contributed by atoms with Crippen molar-refractivity contribution in [3.8, 4) is 5.75 Å². The quantitative estimate of drug-likeness (QED) is 0.227. The number of carbonyl (C=O) groups excluding carboxylic acids is 2. The van der Waals surface area contributed by atoms with Gasteiger partial charge in [-0.15, -0.1) is 11.3 Å². The number of carbonyl (C=O) groups is 2. The standard InChI is InChI=1S/C27H23N3O4S2/c31-19-8-4-7-17(13-19)25(33)29-12-11-20-22(14-29)36-24-23(20)26(34)30(18-9-10-18)27(28-24)35-15-21(32)16-5-2-1-3-6-16/h1-8,13,18,31H,9-12,14-15H2. The molecule has 1 aliphatic carbocycles. The fourth-order valence-corrected chi connectivity index (χ4v) is 6.86. The largest absolute Gasteiger partial charge is 0.508 e. The van der Waals surface area contributed by atoms with Crippen LogP contribution in [-0.4, -0.2) is 43.5 Å². The van der Waals surface area contributed by atoms with Gasteiger partial charge in [0.05, 0.1) is 17.7 Å². The van der Waals surface area contributed by atoms with Crippen LogP contribution in [0.25, 0.3) is 10.2 Å². The first-order valence-electron chi connectivity index (χ1n) is 11.9. The number of fused-ring (bicyclic) bond motifs is 3. The van der Waals surface area contributed by atoms with Crippen molar-refractivity contribution in [3.63, 3.8) is 0 Å². The number of rotatable bonds is 6. The molecule has 1 N–H and O–H groups in total. The fraction of sp³-hybridized carbons (Fsp3) is 0.259. The number of phenolic OH excluding ortho intramolecular Hbond substituents is 1. The summed E-state index contributed by atoms with van der Waals surface area (Å²) in [6.45, 7) is 0.904. The van der Waals surface area contributed by atoms with Gasteiger partial charge in [0, 0.05) is 28.6 Å². The molecular weight excluding hydrogens is 494 g/mol. The Labute approximate surface area is 215 Å². The molecule has 4 aromatic rings. The molecule has 3 heterocycles. The summed E-state index contributed by atoms with van der Waals surface area (Å²) in [5, 5.41) is 11.0. The number of thiophene rings is 1. The summed E-state index contributed by atoms with van der Waals surface area (Å²) in [4.78, 5) is 47.6. The second-order valence-electron chi connectivity index (χ2n) is 9.09. The highest BCUT2D eigenvalue weighted by molar-refractivity contribution is 7.99. The number of hydrogen-bond acceptors (Lipinski definition) is 7. The molecule has 2 aromatic heterocycles. The van der Waals surface area contributed by atoms with E-state index >= 15 is 0 Å². The highest BCUT2D eigenvalue weighted by Crippen LogP contribution is 2.39. The Morgan fingerprint density at radius 2 is 1.86 bits per heavy atom. The molecule has 1 aliphatic heterocycles. The first-order valence-corrected chi connectivity index (χ1v) is 13.7. The van der Waals surface area contributed by atoms with Crippen LogP contribution < -0.4 is 5.56 Å². The third kappa shape index (κ3) is 4.22. The van der Waals surface area contributed by atoms with E-state index in [1.54, 1.807) is 33.7 Å². The van der Waals surface area contributed by atoms with Crippen molar-refractivity contribution in [3.05, 3.63) is 86.5 Å². The molecule has 0 unspecified atom stereocenters. The minimum atomic E-state index is -0.145. The van der Waals surface area contributed by atoms with E-state index in [9.17, 15) is 19.5 Å². The van der Waals surface area contributed by atoms with Gasteiger partial charge >= 0.3 is 0 Å². The zero-order valence-electron chi connectivity index (χ0n) is 19.3. The number of amides is 1. The second kappa shape index (κ2) is 9.22. The van der Waals surface area contributed by atoms with Gasteiger partial charge in [-0.05, 0) is 43.0 Å². The minimum Gasteiger partial charge on any atom is -0.508 e. The van der Waals surface area contributed by atoms with E-state index in [1.165, 1.54) is 35.2 Å². The lowest BCUT2D eigenvalue weighted by molar-refractivity contribution is 0.0736. The van der Waals surface area contributed by atoms with Gasteiger partial charge in [0.1, 0.15) is 10.6 Å². The summed E-state index contributed by atoms with van der Waals surface area (Å²) >= 11 is 2.77. The Kier molecular flexibility index (Phi) is 5.89. The highest BCUT2D eigenvalue weighted by atomic mass is 32.2. The summed E-state index contributed by atoms with van der Waals surface area (Å²) in [6, 6.07) is 15.6. The summed E-state index contributed by atoms with van der Waals surface area (Å²) in [7, 11) is 0. The topological polar surface area (TPSA) is 92.5 Å². The molecule has 1 saturated carbocycles. The van der Waals surface area contributed by atoms with E-state index in [2.05, 4.69) is 0 Å². The van der Waals surface area contributed by atoms with Gasteiger partial charge in [0.2, 0.25) is 0 Å². The highest BCUT2D eigenvalue weighted by Gasteiger charge is 2.32. The lowest BCUT2D eigenvalue weighted by atomic mass is 10.0. The van der Waals surface area contributed by atoms with Crippen LogP contribution in [0.4, 0.5) is 0 Å². The summed E-state index contributed by atoms with van der Waals surface area (Å²) < 4.78 is 1.78. The fourth-order valence-electron chi connectivity index (χ4n) is 4.63. The SMILES string of the molecule is O=C(CSc1nc2sc3c(c2c(=O)n1C1CC1)CCN(C(=O)c1cccc(O)c1)C3)c1ccccc1. The smallest absolute Gasteiger partial charge is 0.263 e. The van der Waals surface area contributed by atoms with Gasteiger partial charge < -0.3 is 10.0 Å². The number of phenols is 1. The third-order valence-corrected chi connectivity index (χ3v) is 8.66. The number of thioether (sulfide) groups is 1. The summed E-state index contributed by atoms with van der Waals surface area (Å²) in [5.41, 5.74) is 2.03. The molecule has 0 saturated heterocycles. The second-order valence-corrected chi connectivity index (χ2v) is 11.1. The maximum atomic E-state index is 13.7. The van der Waals surface area contributed by atoms with Crippen molar-refractivity contribution < 1.29 is 14.7 Å². The molecular formula is C27H23N3O4S2. The number of nitrogens with zero attached hydrogens (tertiary/aromatic N) is 3. The van der Waals surface area contributed by atoms with Crippen molar-refractivity contribution in [1.82, 2.24) is 14.5 Å². The molecule has 1 fully saturated rings. The van der Waals surface area contributed by atoms with Gasteiger partial charge in [-0.25, -0.2) is 4.98 Å². The Morgan fingerprint density at radius 3 is 2.61 bits per heavy atom. The predicted octanol–water partition coefficient (Wildman–Crippen LogP) is 4.67. The van der Waals surface area contributed by atoms with E-state index < -0.39 is 0 Å². The molecule has 0 spiro atoms. The zero-order chi connectivity index (χ0) is 24.8. The van der Waals surface area contributed by atoms with Crippen molar-refractivity contribution >= 4 is 45.0 Å². The first kappa shape index (κ1) is 23.0. The van der Waals surface area contributed by atoms with Crippen molar-refractivity contribution in [2.45, 2.75) is 37.0 Å². The number of aromatic nitrogens is 2. The third-order valence-electron chi connectivity index (χ3n) is 6.59. The molecule has 0 atom stereocenters. The number of ketones is 1. The Hall–Kier alpha value is -3.43. The van der Waals surface area contributed by atoms with Gasteiger partial charge in [0.15, 0.2) is 10.9 Å². The Morgan fingerprint density at radius 1 is 1.08 bits per heavy atom. The van der Waals surface area contributed by atoms with Crippen LogP contribution in [0, 0.1) is 0 Å². The predicted molar refractivity (Wildman–Crippen MR) is 140 cm³/mol. The van der Waals surface area contributed by atoms with Gasteiger partial charge in [-0.3, -0.25) is 19.0 Å². The van der Waals surface area contributed by atoms with Gasteiger partial charge in [-0.1, -0.05) is 48.2 Å². The van der Waals surface area contributed by atoms with E-state index in [1.807, 2.05) is 18.2 Å². The van der Waals surface area contributed by atoms with Crippen LogP contribution >= 0.6 is 23.1 Å². The molecule has 7 nitrogen and oxygen atoms in total. The molecule has 9 heteroatoms. The van der Waals surface area contributed by atoms with Crippen LogP contribution in [0.2, 0.25) is 0 Å². The molecule has 0 radical (unpaired) electrons. The lowest BCUT2D eigenvalue weighted by Gasteiger charge is -2.27. The lowest BCUT2D eigenvalue weighted by Crippen LogP contribution is -2.35. The summed E-state index contributed by atoms with van der Waals surface area (Å²) in [6.07, 6.45) is 2.46. The first-order chi connectivity index (χ1) is 17.5. The number of benzene rings is 2. The molecule has 182 valence electrons. The monoisotopic (exact) mass is 517 g/mol. The number of Topliss-reactive ketones (excluding diaryl/α,β-unsaturated/α-hetero) is 1. The van der Waals surface area contributed by atoms with E-state index in [0.717, 1.165) is 23.3 Å². The average Bonchev–Trinajstić information content (AvgIpc) is 3.66. The summed E-state index contributed by atoms with van der Waals surface area (Å²) in [5.74, 6) is 0.129. The number of hydrogen-bond donors (Lipinski definition) is 1. The normalized spacial score (nSPS) is 15.2. The van der Waals surface area contributed by atoms with Crippen molar-refractivity contribution in [2.24, 2.45) is 0 Å². The van der Waals surface area contributed by atoms with Crippen LogP contribution in [0.1, 0.15) is 50.0 Å². The van der Waals surface area contributed by atoms with Crippen LogP contribution in [0.15, 0.2) is 64.5 Å². The molecule has 2 aromatic carbocycles. The van der Waals surface area contributed by atoms with Gasteiger partial charge in [-0.2, -0.15) is 0 Å². The molecule has 36 heavy (non-hydrogen) atoms. The van der Waals surface area contributed by atoms with Crippen LogP contribution in [0.5, 0.6) is 5.75 Å². The zero-order valence-corrected chi connectivity index (χ0v) is 21.0. The minimum absolute atomic E-state index is 0.00358. The molecule has 6 rings (SSSR count). The molecule has 2 aliphatic rings. The number of aromatic hydroxyl groups is 1. The maximum Gasteiger partial charge on any atom is 0.263 e. The Balaban J connectivity index is 1.31. The Bertz CT molecular complexity index is 1560. The van der Waals surface area contributed by atoms with E-state index in [-0.39, 0.29) is 34.8 Å². The molecule has 1 amide bonds. The van der Waals surface area contributed by atoms with E-state index in [0.29, 0.717) is 46.0 Å².